The maximum atomic E-state index is 12.2. The number of carbonyl (C=O) groups excluding carboxylic acids is 1. The number of amides is 1. The molecule has 2 heterocycles. The van der Waals surface area contributed by atoms with Gasteiger partial charge in [-0.1, -0.05) is 23.2 Å². The van der Waals surface area contributed by atoms with E-state index in [1.165, 1.54) is 6.20 Å². The first-order chi connectivity index (χ1) is 11.0. The van der Waals surface area contributed by atoms with Crippen LogP contribution < -0.4 is 16.0 Å². The van der Waals surface area contributed by atoms with E-state index in [1.807, 2.05) is 0 Å². The first kappa shape index (κ1) is 17.5. The van der Waals surface area contributed by atoms with E-state index in [0.717, 1.165) is 5.56 Å². The zero-order valence-electron chi connectivity index (χ0n) is 12.8. The molecule has 0 aliphatic rings. The summed E-state index contributed by atoms with van der Waals surface area (Å²) in [6.45, 7) is 0.918. The summed E-state index contributed by atoms with van der Waals surface area (Å²) in [5.41, 5.74) is 0.808. The molecule has 0 saturated heterocycles. The number of rotatable bonds is 7. The number of likely N-dealkylation sites (N-methyl/N-ethyl adjacent to an activating group) is 1. The van der Waals surface area contributed by atoms with Gasteiger partial charge >= 0.3 is 0 Å². The van der Waals surface area contributed by atoms with E-state index in [1.54, 1.807) is 37.2 Å². The molecular weight excluding hydrogens is 339 g/mol. The summed E-state index contributed by atoms with van der Waals surface area (Å²) in [6.07, 6.45) is 4.97. The monoisotopic (exact) mass is 356 g/mol. The predicted octanol–water partition coefficient (Wildman–Crippen LogP) is 1.61. The molecule has 0 bridgehead atoms. The standard InChI is InChI=1S/C14H18Cl2N6O/c1-17-12(9-6-21-22(2)8-9)14(23)19-4-3-18-13-11(16)5-10(15)7-20-13/h5-8,12,17H,3-4H2,1-2H3,(H,18,20)(H,19,23). The Balaban J connectivity index is 1.82. The second kappa shape index (κ2) is 8.14. The maximum Gasteiger partial charge on any atom is 0.241 e. The van der Waals surface area contributed by atoms with E-state index in [-0.39, 0.29) is 5.91 Å². The molecule has 0 fully saturated rings. The summed E-state index contributed by atoms with van der Waals surface area (Å²) >= 11 is 11.8. The lowest BCUT2D eigenvalue weighted by Gasteiger charge is -2.15. The summed E-state index contributed by atoms with van der Waals surface area (Å²) in [7, 11) is 3.54. The Labute approximate surface area is 144 Å². The van der Waals surface area contributed by atoms with Crippen LogP contribution in [0, 0.1) is 0 Å². The Morgan fingerprint density at radius 3 is 2.74 bits per heavy atom. The van der Waals surface area contributed by atoms with Gasteiger partial charge in [0.15, 0.2) is 0 Å². The van der Waals surface area contributed by atoms with Crippen molar-refractivity contribution in [1.82, 2.24) is 25.4 Å². The number of anilines is 1. The summed E-state index contributed by atoms with van der Waals surface area (Å²) in [4.78, 5) is 16.3. The molecular formula is C14H18Cl2N6O. The van der Waals surface area contributed by atoms with Crippen molar-refractivity contribution in [3.05, 3.63) is 40.3 Å². The quantitative estimate of drug-likeness (QED) is 0.656. The number of aromatic nitrogens is 3. The second-order valence-electron chi connectivity index (χ2n) is 4.87. The second-order valence-corrected chi connectivity index (χ2v) is 5.71. The molecule has 1 unspecified atom stereocenters. The van der Waals surface area contributed by atoms with Crippen LogP contribution >= 0.6 is 23.2 Å². The van der Waals surface area contributed by atoms with E-state index >= 15 is 0 Å². The van der Waals surface area contributed by atoms with E-state index in [2.05, 4.69) is 26.0 Å². The van der Waals surface area contributed by atoms with Crippen molar-refractivity contribution >= 4 is 34.9 Å². The van der Waals surface area contributed by atoms with Gasteiger partial charge in [-0.2, -0.15) is 5.10 Å². The number of carbonyl (C=O) groups is 1. The van der Waals surface area contributed by atoms with E-state index in [9.17, 15) is 4.79 Å². The molecule has 23 heavy (non-hydrogen) atoms. The van der Waals surface area contributed by atoms with Crippen LogP contribution in [0.4, 0.5) is 5.82 Å². The fourth-order valence-electron chi connectivity index (χ4n) is 2.05. The average Bonchev–Trinajstić information content (AvgIpc) is 2.92. The Morgan fingerprint density at radius 2 is 2.13 bits per heavy atom. The highest BCUT2D eigenvalue weighted by atomic mass is 35.5. The van der Waals surface area contributed by atoms with Crippen molar-refractivity contribution in [3.8, 4) is 0 Å². The Morgan fingerprint density at radius 1 is 1.35 bits per heavy atom. The predicted molar refractivity (Wildman–Crippen MR) is 90.8 cm³/mol. The molecule has 2 rings (SSSR count). The van der Waals surface area contributed by atoms with Gasteiger partial charge in [-0.3, -0.25) is 9.48 Å². The van der Waals surface area contributed by atoms with Gasteiger partial charge in [0.2, 0.25) is 5.91 Å². The van der Waals surface area contributed by atoms with Crippen molar-refractivity contribution in [2.45, 2.75) is 6.04 Å². The molecule has 0 saturated carbocycles. The number of halogens is 2. The minimum atomic E-state index is -0.444. The van der Waals surface area contributed by atoms with Crippen molar-refractivity contribution in [2.24, 2.45) is 7.05 Å². The highest BCUT2D eigenvalue weighted by Crippen LogP contribution is 2.22. The highest BCUT2D eigenvalue weighted by Gasteiger charge is 2.19. The summed E-state index contributed by atoms with van der Waals surface area (Å²) in [5, 5.41) is 13.8. The lowest BCUT2D eigenvalue weighted by molar-refractivity contribution is -0.123. The number of pyridine rings is 1. The Bertz CT molecular complexity index is 675. The topological polar surface area (TPSA) is 83.9 Å². The maximum absolute atomic E-state index is 12.2. The Hall–Kier alpha value is -1.83. The van der Waals surface area contributed by atoms with Crippen molar-refractivity contribution in [1.29, 1.82) is 0 Å². The first-order valence-electron chi connectivity index (χ1n) is 6.99. The van der Waals surface area contributed by atoms with Crippen molar-refractivity contribution in [3.63, 3.8) is 0 Å². The number of aryl methyl sites for hydroxylation is 1. The van der Waals surface area contributed by atoms with Crippen LogP contribution in [-0.4, -0.2) is 40.8 Å². The first-order valence-corrected chi connectivity index (χ1v) is 7.75. The van der Waals surface area contributed by atoms with Crippen LogP contribution in [0.3, 0.4) is 0 Å². The molecule has 7 nitrogen and oxygen atoms in total. The van der Waals surface area contributed by atoms with E-state index < -0.39 is 6.04 Å². The van der Waals surface area contributed by atoms with Crippen molar-refractivity contribution in [2.75, 3.05) is 25.5 Å². The van der Waals surface area contributed by atoms with Gasteiger partial charge in [0.25, 0.3) is 0 Å². The number of nitrogens with one attached hydrogen (secondary N) is 3. The molecule has 3 N–H and O–H groups in total. The number of nitrogens with zero attached hydrogens (tertiary/aromatic N) is 3. The summed E-state index contributed by atoms with van der Waals surface area (Å²) in [5.74, 6) is 0.403. The SMILES string of the molecule is CNC(C(=O)NCCNc1ncc(Cl)cc1Cl)c1cnn(C)c1. The summed E-state index contributed by atoms with van der Waals surface area (Å²) in [6, 6.07) is 1.16. The molecule has 1 atom stereocenters. The van der Waals surface area contributed by atoms with Crippen molar-refractivity contribution < 1.29 is 4.79 Å². The zero-order chi connectivity index (χ0) is 16.8. The lowest BCUT2D eigenvalue weighted by Crippen LogP contribution is -2.38. The minimum absolute atomic E-state index is 0.127. The van der Waals surface area contributed by atoms with Crippen LogP contribution in [0.1, 0.15) is 11.6 Å². The zero-order valence-corrected chi connectivity index (χ0v) is 14.3. The van der Waals surface area contributed by atoms with Gasteiger partial charge in [-0.05, 0) is 13.1 Å². The normalized spacial score (nSPS) is 12.0. The molecule has 1 amide bonds. The highest BCUT2D eigenvalue weighted by molar-refractivity contribution is 6.35. The van der Waals surface area contributed by atoms with Gasteiger partial charge in [-0.25, -0.2) is 4.98 Å². The van der Waals surface area contributed by atoms with Crippen LogP contribution in [0.5, 0.6) is 0 Å². The molecule has 9 heteroatoms. The number of hydrogen-bond donors (Lipinski definition) is 3. The molecule has 0 radical (unpaired) electrons. The van der Waals surface area contributed by atoms with Crippen LogP contribution in [0.25, 0.3) is 0 Å². The third-order valence-corrected chi connectivity index (χ3v) is 3.63. The van der Waals surface area contributed by atoms with Gasteiger partial charge in [0.05, 0.1) is 16.2 Å². The van der Waals surface area contributed by atoms with E-state index in [0.29, 0.717) is 29.0 Å². The third-order valence-electron chi connectivity index (χ3n) is 3.13. The molecule has 2 aromatic heterocycles. The van der Waals surface area contributed by atoms with Crippen LogP contribution in [0.2, 0.25) is 10.0 Å². The van der Waals surface area contributed by atoms with Gasteiger partial charge < -0.3 is 16.0 Å². The molecule has 0 spiro atoms. The molecule has 0 aliphatic heterocycles. The lowest BCUT2D eigenvalue weighted by atomic mass is 10.1. The molecule has 124 valence electrons. The van der Waals surface area contributed by atoms with Crippen LogP contribution in [-0.2, 0) is 11.8 Å². The smallest absolute Gasteiger partial charge is 0.241 e. The molecule has 2 aromatic rings. The fourth-order valence-corrected chi connectivity index (χ4v) is 2.50. The van der Waals surface area contributed by atoms with Gasteiger partial charge in [0.1, 0.15) is 11.9 Å². The van der Waals surface area contributed by atoms with Gasteiger partial charge in [0, 0.05) is 38.1 Å². The largest absolute Gasteiger partial charge is 0.367 e. The molecule has 0 aliphatic carbocycles. The summed E-state index contributed by atoms with van der Waals surface area (Å²) < 4.78 is 1.66. The Kier molecular flexibility index (Phi) is 6.20. The van der Waals surface area contributed by atoms with Crippen LogP contribution in [0.15, 0.2) is 24.7 Å². The number of hydrogen-bond acceptors (Lipinski definition) is 5. The van der Waals surface area contributed by atoms with Gasteiger partial charge in [-0.15, -0.1) is 0 Å². The minimum Gasteiger partial charge on any atom is -0.367 e. The average molecular weight is 357 g/mol. The fraction of sp³-hybridized carbons (Fsp3) is 0.357. The van der Waals surface area contributed by atoms with E-state index in [4.69, 9.17) is 23.2 Å². The third kappa shape index (κ3) is 4.82. The molecule has 0 aromatic carbocycles.